The molecule has 0 radical (unpaired) electrons. The molecular formula is C16H17O3S+. The molecule has 104 valence electrons. The molecule has 0 aliphatic rings. The number of carbonyl (C=O) groups is 1. The van der Waals surface area contributed by atoms with Gasteiger partial charge in [0, 0.05) is 11.1 Å². The fourth-order valence-electron chi connectivity index (χ4n) is 2.03. The average molecular weight is 289 g/mol. The Bertz CT molecular complexity index is 503. The van der Waals surface area contributed by atoms with Gasteiger partial charge in [0.1, 0.15) is 0 Å². The normalized spacial score (nSPS) is 12.2. The van der Waals surface area contributed by atoms with Crippen LogP contribution in [0.3, 0.4) is 0 Å². The van der Waals surface area contributed by atoms with Crippen LogP contribution in [0.1, 0.15) is 16.4 Å². The summed E-state index contributed by atoms with van der Waals surface area (Å²) in [6.45, 7) is 0. The Balaban J connectivity index is 2.32. The maximum atomic E-state index is 11.4. The zero-order chi connectivity index (χ0) is 14.4. The van der Waals surface area contributed by atoms with Crippen molar-refractivity contribution in [1.82, 2.24) is 0 Å². The van der Waals surface area contributed by atoms with Gasteiger partial charge in [-0.3, -0.25) is 0 Å². The highest BCUT2D eigenvalue weighted by Gasteiger charge is 2.35. The summed E-state index contributed by atoms with van der Waals surface area (Å²) in [5.41, 5.74) is 1.99. The van der Waals surface area contributed by atoms with Crippen LogP contribution in [0, 0.1) is 0 Å². The van der Waals surface area contributed by atoms with E-state index in [1.54, 1.807) is 0 Å². The Hall–Kier alpha value is -1.78. The molecule has 4 heteroatoms. The van der Waals surface area contributed by atoms with Gasteiger partial charge in [-0.15, -0.1) is 0 Å². The van der Waals surface area contributed by atoms with Gasteiger partial charge >= 0.3 is 5.97 Å². The number of carbonyl (C=O) groups excluding carboxylic acids is 1. The molecule has 0 bridgehead atoms. The molecule has 2 aromatic rings. The average Bonchev–Trinajstić information content (AvgIpc) is 2.49. The first-order valence-corrected chi connectivity index (χ1v) is 7.69. The van der Waals surface area contributed by atoms with Crippen molar-refractivity contribution in [1.29, 1.82) is 0 Å². The van der Waals surface area contributed by atoms with E-state index in [0.29, 0.717) is 0 Å². The lowest BCUT2D eigenvalue weighted by molar-refractivity contribution is -0.137. The minimum Gasteiger partial charge on any atom is -0.465 e. The lowest BCUT2D eigenvalue weighted by Crippen LogP contribution is -2.23. The summed E-state index contributed by atoms with van der Waals surface area (Å²) in [5, 5.41) is -0.212. The summed E-state index contributed by atoms with van der Waals surface area (Å²) in [6.07, 6.45) is 0. The van der Waals surface area contributed by atoms with Crippen LogP contribution in [0.15, 0.2) is 60.7 Å². The van der Waals surface area contributed by atoms with Crippen molar-refractivity contribution < 1.29 is 14.1 Å². The van der Waals surface area contributed by atoms with Crippen molar-refractivity contribution in [3.63, 3.8) is 0 Å². The molecule has 0 aliphatic carbocycles. The predicted octanol–water partition coefficient (Wildman–Crippen LogP) is 3.04. The minimum absolute atomic E-state index is 0.00492. The first-order valence-electron chi connectivity index (χ1n) is 6.28. The zero-order valence-electron chi connectivity index (χ0n) is 11.2. The van der Waals surface area contributed by atoms with Gasteiger partial charge in [-0.05, 0) is 0 Å². The van der Waals surface area contributed by atoms with Crippen LogP contribution < -0.4 is 0 Å². The standard InChI is InChI=1S/C16H17O3S/c1-19-15(17)12-20(18)16(13-8-4-2-5-9-13)14-10-6-3-7-11-14/h2-11,16,18H,12H2,1H3/q+1. The maximum Gasteiger partial charge on any atom is 0.359 e. The third-order valence-electron chi connectivity index (χ3n) is 2.97. The van der Waals surface area contributed by atoms with Crippen LogP contribution in [0.5, 0.6) is 0 Å². The topological polar surface area (TPSA) is 46.5 Å². The summed E-state index contributed by atoms with van der Waals surface area (Å²) in [7, 11) is 1.33. The van der Waals surface area contributed by atoms with Crippen molar-refractivity contribution in [3.8, 4) is 0 Å². The third-order valence-corrected chi connectivity index (χ3v) is 4.59. The van der Waals surface area contributed by atoms with Crippen LogP contribution in [0.25, 0.3) is 0 Å². The Morgan fingerprint density at radius 3 is 1.90 bits per heavy atom. The molecule has 20 heavy (non-hydrogen) atoms. The second-order valence-electron chi connectivity index (χ2n) is 4.32. The van der Waals surface area contributed by atoms with Crippen LogP contribution in [-0.4, -0.2) is 23.4 Å². The van der Waals surface area contributed by atoms with Gasteiger partial charge < -0.3 is 4.74 Å². The second kappa shape index (κ2) is 7.12. The van der Waals surface area contributed by atoms with Crippen LogP contribution in [0.2, 0.25) is 0 Å². The van der Waals surface area contributed by atoms with Gasteiger partial charge in [-0.1, -0.05) is 60.7 Å². The van der Waals surface area contributed by atoms with E-state index in [0.717, 1.165) is 11.1 Å². The molecule has 3 nitrogen and oxygen atoms in total. The molecule has 0 aromatic heterocycles. The van der Waals surface area contributed by atoms with Gasteiger partial charge in [0.25, 0.3) is 0 Å². The molecule has 0 saturated carbocycles. The lowest BCUT2D eigenvalue weighted by atomic mass is 10.0. The molecule has 1 atom stereocenters. The summed E-state index contributed by atoms with van der Waals surface area (Å²) in [6, 6.07) is 19.4. The molecule has 0 heterocycles. The van der Waals surface area contributed by atoms with Crippen molar-refractivity contribution in [2.24, 2.45) is 0 Å². The Morgan fingerprint density at radius 2 is 1.50 bits per heavy atom. The maximum absolute atomic E-state index is 11.4. The summed E-state index contributed by atoms with van der Waals surface area (Å²) in [5.74, 6) is -0.391. The highest BCUT2D eigenvalue weighted by molar-refractivity contribution is 7.92. The van der Waals surface area contributed by atoms with Gasteiger partial charge in [-0.25, -0.2) is 4.79 Å². The second-order valence-corrected chi connectivity index (χ2v) is 5.89. The Morgan fingerprint density at radius 1 is 1.05 bits per heavy atom. The largest absolute Gasteiger partial charge is 0.465 e. The summed E-state index contributed by atoms with van der Waals surface area (Å²) in [4.78, 5) is 11.4. The van der Waals surface area contributed by atoms with E-state index >= 15 is 0 Å². The fraction of sp³-hybridized carbons (Fsp3) is 0.188. The van der Waals surface area contributed by atoms with E-state index in [1.165, 1.54) is 7.11 Å². The van der Waals surface area contributed by atoms with Crippen molar-refractivity contribution >= 4 is 17.1 Å². The molecule has 0 aliphatic heterocycles. The number of benzene rings is 2. The predicted molar refractivity (Wildman–Crippen MR) is 81.6 cm³/mol. The Kier molecular flexibility index (Phi) is 5.21. The molecule has 0 amide bonds. The number of ether oxygens (including phenoxy) is 1. The highest BCUT2D eigenvalue weighted by atomic mass is 32.2. The molecule has 0 saturated heterocycles. The molecule has 2 aromatic carbocycles. The van der Waals surface area contributed by atoms with Crippen LogP contribution in [-0.2, 0) is 20.7 Å². The number of methoxy groups -OCH3 is 1. The van der Waals surface area contributed by atoms with E-state index in [9.17, 15) is 9.35 Å². The highest BCUT2D eigenvalue weighted by Crippen LogP contribution is 2.30. The number of hydrogen-bond acceptors (Lipinski definition) is 3. The number of esters is 1. The first-order chi connectivity index (χ1) is 9.72. The monoisotopic (exact) mass is 289 g/mol. The van der Waals surface area contributed by atoms with E-state index in [-0.39, 0.29) is 11.0 Å². The summed E-state index contributed by atoms with van der Waals surface area (Å²) >= 11 is -1.11. The van der Waals surface area contributed by atoms with Gasteiger partial charge in [0.15, 0.2) is 11.2 Å². The van der Waals surface area contributed by atoms with Crippen molar-refractivity contribution in [2.75, 3.05) is 12.9 Å². The SMILES string of the molecule is COC(=O)C[S+](O)C(c1ccccc1)c1ccccc1. The Labute approximate surface area is 121 Å². The molecule has 0 spiro atoms. The van der Waals surface area contributed by atoms with Gasteiger partial charge in [-0.2, -0.15) is 4.55 Å². The summed E-state index contributed by atoms with van der Waals surface area (Å²) < 4.78 is 15.1. The third kappa shape index (κ3) is 3.62. The first kappa shape index (κ1) is 14.6. The number of rotatable bonds is 5. The quantitative estimate of drug-likeness (QED) is 0.680. The zero-order valence-corrected chi connectivity index (χ0v) is 12.0. The number of hydrogen-bond donors (Lipinski definition) is 1. The molecular weight excluding hydrogens is 272 g/mol. The van der Waals surface area contributed by atoms with E-state index in [4.69, 9.17) is 0 Å². The van der Waals surface area contributed by atoms with E-state index in [2.05, 4.69) is 4.74 Å². The fourth-order valence-corrected chi connectivity index (χ4v) is 3.49. The molecule has 2 rings (SSSR count). The van der Waals surface area contributed by atoms with E-state index in [1.807, 2.05) is 60.7 Å². The molecule has 0 fully saturated rings. The minimum atomic E-state index is -1.11. The van der Waals surface area contributed by atoms with Crippen LogP contribution >= 0.6 is 0 Å². The lowest BCUT2D eigenvalue weighted by Gasteiger charge is -2.14. The van der Waals surface area contributed by atoms with E-state index < -0.39 is 17.1 Å². The molecule has 1 N–H and O–H groups in total. The van der Waals surface area contributed by atoms with Gasteiger partial charge in [0.05, 0.1) is 7.11 Å². The van der Waals surface area contributed by atoms with Crippen molar-refractivity contribution in [3.05, 3.63) is 71.8 Å². The van der Waals surface area contributed by atoms with Crippen LogP contribution in [0.4, 0.5) is 0 Å². The molecule has 1 unspecified atom stereocenters. The smallest absolute Gasteiger partial charge is 0.359 e. The van der Waals surface area contributed by atoms with Crippen molar-refractivity contribution in [2.45, 2.75) is 5.25 Å². The van der Waals surface area contributed by atoms with Gasteiger partial charge in [0.2, 0.25) is 11.0 Å².